The first kappa shape index (κ1) is 17.3. The number of Topliss-reactive ketones (excluding diaryl/α,β-unsaturated/α-hetero) is 1. The SMILES string of the molecule is CC1(C)[C@@H]2CC[C@@]1(C)[C@H](Sc1nc(-c3ccccc3)ccc1C#N)C2=O. The van der Waals surface area contributed by atoms with Gasteiger partial charge in [-0.3, -0.25) is 4.79 Å². The summed E-state index contributed by atoms with van der Waals surface area (Å²) in [5.41, 5.74) is 2.37. The van der Waals surface area contributed by atoms with E-state index in [1.54, 1.807) is 0 Å². The zero-order chi connectivity index (χ0) is 18.5. The van der Waals surface area contributed by atoms with Crippen molar-refractivity contribution in [2.45, 2.75) is 43.9 Å². The predicted octanol–water partition coefficient (Wildman–Crippen LogP) is 5.11. The van der Waals surface area contributed by atoms with Gasteiger partial charge in [0.25, 0.3) is 0 Å². The standard InChI is InChI=1S/C22H22N2OS/c1-21(2)16-11-12-22(21,3)19(18(16)25)26-20-15(13-23)9-10-17(24-20)14-7-5-4-6-8-14/h4-10,16,19H,11-12H2,1-3H3/t16-,19-,22+/m1/s1. The summed E-state index contributed by atoms with van der Waals surface area (Å²) in [5, 5.41) is 10.1. The summed E-state index contributed by atoms with van der Waals surface area (Å²) in [5.74, 6) is 0.470. The van der Waals surface area contributed by atoms with Crippen LogP contribution in [0.1, 0.15) is 39.2 Å². The quantitative estimate of drug-likeness (QED) is 0.762. The fourth-order valence-corrected chi connectivity index (χ4v) is 6.25. The summed E-state index contributed by atoms with van der Waals surface area (Å²) in [6.45, 7) is 6.69. The molecule has 0 spiro atoms. The van der Waals surface area contributed by atoms with Crippen molar-refractivity contribution in [3.05, 3.63) is 48.0 Å². The minimum absolute atomic E-state index is 0.00555. The van der Waals surface area contributed by atoms with Gasteiger partial charge in [0.2, 0.25) is 0 Å². The van der Waals surface area contributed by atoms with Crippen molar-refractivity contribution in [2.75, 3.05) is 0 Å². The van der Waals surface area contributed by atoms with Crippen LogP contribution in [0.4, 0.5) is 0 Å². The molecule has 1 aromatic heterocycles. The Morgan fingerprint density at radius 2 is 1.88 bits per heavy atom. The van der Waals surface area contributed by atoms with Gasteiger partial charge < -0.3 is 0 Å². The molecular weight excluding hydrogens is 340 g/mol. The van der Waals surface area contributed by atoms with Crippen LogP contribution < -0.4 is 0 Å². The third kappa shape index (κ3) is 2.34. The molecule has 3 nitrogen and oxygen atoms in total. The van der Waals surface area contributed by atoms with E-state index in [0.29, 0.717) is 16.4 Å². The second-order valence-corrected chi connectivity index (χ2v) is 9.25. The van der Waals surface area contributed by atoms with Crippen molar-refractivity contribution in [2.24, 2.45) is 16.7 Å². The molecule has 1 heterocycles. The second kappa shape index (κ2) is 5.96. The van der Waals surface area contributed by atoms with Gasteiger partial charge in [-0.25, -0.2) is 4.98 Å². The van der Waals surface area contributed by atoms with Gasteiger partial charge in [0.1, 0.15) is 16.9 Å². The van der Waals surface area contributed by atoms with E-state index in [4.69, 9.17) is 4.98 Å². The molecule has 2 aliphatic carbocycles. The Bertz CT molecular complexity index is 915. The van der Waals surface area contributed by atoms with Crippen LogP contribution in [-0.2, 0) is 4.79 Å². The Morgan fingerprint density at radius 1 is 1.15 bits per heavy atom. The van der Waals surface area contributed by atoms with Crippen LogP contribution >= 0.6 is 11.8 Å². The first-order valence-corrected chi connectivity index (χ1v) is 9.93. The van der Waals surface area contributed by atoms with Crippen molar-refractivity contribution in [1.82, 2.24) is 4.98 Å². The number of carbonyl (C=O) groups is 1. The zero-order valence-corrected chi connectivity index (χ0v) is 16.1. The molecule has 0 amide bonds. The van der Waals surface area contributed by atoms with Gasteiger partial charge in [-0.05, 0) is 35.8 Å². The number of pyridine rings is 1. The van der Waals surface area contributed by atoms with E-state index in [1.807, 2.05) is 42.5 Å². The Balaban J connectivity index is 1.73. The molecule has 0 saturated heterocycles. The lowest BCUT2D eigenvalue weighted by Gasteiger charge is -2.37. The summed E-state index contributed by atoms with van der Waals surface area (Å²) >= 11 is 1.50. The Kier molecular flexibility index (Phi) is 3.96. The highest BCUT2D eigenvalue weighted by Gasteiger charge is 2.66. The lowest BCUT2D eigenvalue weighted by molar-refractivity contribution is -0.122. The summed E-state index contributed by atoms with van der Waals surface area (Å²) < 4.78 is 0. The molecule has 2 aromatic rings. The van der Waals surface area contributed by atoms with Gasteiger partial charge in [0.05, 0.1) is 16.5 Å². The molecule has 3 atom stereocenters. The number of nitriles is 1. The van der Waals surface area contributed by atoms with Crippen LogP contribution in [0.5, 0.6) is 0 Å². The summed E-state index contributed by atoms with van der Waals surface area (Å²) in [6, 6.07) is 15.9. The number of benzene rings is 1. The molecule has 0 N–H and O–H groups in total. The first-order chi connectivity index (χ1) is 12.4. The van der Waals surface area contributed by atoms with Crippen LogP contribution in [0.3, 0.4) is 0 Å². The molecular formula is C22H22N2OS. The van der Waals surface area contributed by atoms with E-state index in [1.165, 1.54) is 11.8 Å². The van der Waals surface area contributed by atoms with E-state index < -0.39 is 0 Å². The lowest BCUT2D eigenvalue weighted by atomic mass is 9.71. The smallest absolute Gasteiger partial charge is 0.150 e. The fraction of sp³-hybridized carbons (Fsp3) is 0.409. The number of hydrogen-bond acceptors (Lipinski definition) is 4. The van der Waals surface area contributed by atoms with Gasteiger partial charge in [-0.1, -0.05) is 62.9 Å². The summed E-state index contributed by atoms with van der Waals surface area (Å²) in [4.78, 5) is 17.8. The average molecular weight is 362 g/mol. The average Bonchev–Trinajstić information content (AvgIpc) is 2.96. The molecule has 2 saturated carbocycles. The van der Waals surface area contributed by atoms with Crippen LogP contribution in [0.25, 0.3) is 11.3 Å². The van der Waals surface area contributed by atoms with Crippen molar-refractivity contribution in [3.8, 4) is 17.3 Å². The molecule has 0 unspecified atom stereocenters. The highest BCUT2D eigenvalue weighted by Crippen LogP contribution is 2.67. The molecule has 4 heteroatoms. The zero-order valence-electron chi connectivity index (χ0n) is 15.3. The minimum atomic E-state index is -0.123. The predicted molar refractivity (Wildman–Crippen MR) is 104 cm³/mol. The molecule has 2 aliphatic rings. The van der Waals surface area contributed by atoms with Crippen molar-refractivity contribution < 1.29 is 4.79 Å². The number of carbonyl (C=O) groups excluding carboxylic acids is 1. The third-order valence-corrected chi connectivity index (χ3v) is 8.28. The molecule has 4 rings (SSSR count). The number of aromatic nitrogens is 1. The fourth-order valence-electron chi connectivity index (χ4n) is 4.67. The number of thioether (sulfide) groups is 1. The van der Waals surface area contributed by atoms with E-state index in [0.717, 1.165) is 24.1 Å². The van der Waals surface area contributed by atoms with E-state index in [-0.39, 0.29) is 22.0 Å². The molecule has 0 radical (unpaired) electrons. The first-order valence-electron chi connectivity index (χ1n) is 9.05. The minimum Gasteiger partial charge on any atom is -0.298 e. The molecule has 0 aliphatic heterocycles. The highest BCUT2D eigenvalue weighted by atomic mass is 32.2. The number of ketones is 1. The van der Waals surface area contributed by atoms with E-state index >= 15 is 0 Å². The Morgan fingerprint density at radius 3 is 2.50 bits per heavy atom. The van der Waals surface area contributed by atoms with Crippen molar-refractivity contribution in [1.29, 1.82) is 5.26 Å². The van der Waals surface area contributed by atoms with Gasteiger partial charge in [0, 0.05) is 11.5 Å². The topological polar surface area (TPSA) is 53.8 Å². The molecule has 2 bridgehead atoms. The number of nitrogens with zero attached hydrogens (tertiary/aromatic N) is 2. The normalized spacial score (nSPS) is 28.9. The summed E-state index contributed by atoms with van der Waals surface area (Å²) in [7, 11) is 0. The van der Waals surface area contributed by atoms with Crippen LogP contribution in [0, 0.1) is 28.1 Å². The van der Waals surface area contributed by atoms with Crippen molar-refractivity contribution >= 4 is 17.5 Å². The highest BCUT2D eigenvalue weighted by molar-refractivity contribution is 8.00. The maximum atomic E-state index is 13.0. The second-order valence-electron chi connectivity index (χ2n) is 8.16. The monoisotopic (exact) mass is 362 g/mol. The summed E-state index contributed by atoms with van der Waals surface area (Å²) in [6.07, 6.45) is 2.05. The van der Waals surface area contributed by atoms with Crippen LogP contribution in [0.2, 0.25) is 0 Å². The number of fused-ring (bicyclic) bond motifs is 2. The van der Waals surface area contributed by atoms with Crippen molar-refractivity contribution in [3.63, 3.8) is 0 Å². The third-order valence-electron chi connectivity index (χ3n) is 6.76. The molecule has 2 fully saturated rings. The molecule has 132 valence electrons. The molecule has 26 heavy (non-hydrogen) atoms. The number of rotatable bonds is 3. The van der Waals surface area contributed by atoms with Crippen LogP contribution in [-0.4, -0.2) is 16.0 Å². The van der Waals surface area contributed by atoms with E-state index in [2.05, 4.69) is 26.8 Å². The number of hydrogen-bond donors (Lipinski definition) is 0. The van der Waals surface area contributed by atoms with Gasteiger partial charge in [-0.2, -0.15) is 5.26 Å². The van der Waals surface area contributed by atoms with Gasteiger partial charge in [0.15, 0.2) is 0 Å². The Hall–Kier alpha value is -2.12. The maximum absolute atomic E-state index is 13.0. The van der Waals surface area contributed by atoms with E-state index in [9.17, 15) is 10.1 Å². The largest absolute Gasteiger partial charge is 0.298 e. The van der Waals surface area contributed by atoms with Gasteiger partial charge >= 0.3 is 0 Å². The Labute approximate surface area is 158 Å². The van der Waals surface area contributed by atoms with Gasteiger partial charge in [-0.15, -0.1) is 0 Å². The lowest BCUT2D eigenvalue weighted by Crippen LogP contribution is -2.35. The molecule has 1 aromatic carbocycles. The maximum Gasteiger partial charge on any atom is 0.150 e. The van der Waals surface area contributed by atoms with Crippen LogP contribution in [0.15, 0.2) is 47.5 Å².